The Bertz CT molecular complexity index is 1050. The van der Waals surface area contributed by atoms with E-state index >= 15 is 0 Å². The predicted octanol–water partition coefficient (Wildman–Crippen LogP) is 4.19. The second-order valence-electron chi connectivity index (χ2n) is 8.31. The van der Waals surface area contributed by atoms with Crippen molar-refractivity contribution < 1.29 is 9.59 Å². The zero-order valence-corrected chi connectivity index (χ0v) is 18.3. The van der Waals surface area contributed by atoms with Gasteiger partial charge >= 0.3 is 0 Å². The molecule has 3 aromatic rings. The number of fused-ring (bicyclic) bond motifs is 1. The normalized spacial score (nSPS) is 16.5. The van der Waals surface area contributed by atoms with Crippen molar-refractivity contribution in [3.8, 4) is 0 Å². The highest BCUT2D eigenvalue weighted by Crippen LogP contribution is 2.28. The standard InChI is InChI=1S/C24H26N4O2S/c29-23(28(19-9-4-5-10-19)16-20-11-6-14-31-20)21-17-26-12-13-27(24(30)22(26)25-21)15-18-7-2-1-3-8-18/h1-3,6-8,11,14,17,19H,4-5,9-10,12-13,15-16H2. The van der Waals surface area contributed by atoms with E-state index in [2.05, 4.69) is 11.1 Å². The molecule has 31 heavy (non-hydrogen) atoms. The maximum atomic E-state index is 13.5. The molecular weight excluding hydrogens is 408 g/mol. The minimum absolute atomic E-state index is 0.0652. The zero-order valence-electron chi connectivity index (χ0n) is 17.4. The third-order valence-electron chi connectivity index (χ3n) is 6.23. The Morgan fingerprint density at radius 3 is 2.65 bits per heavy atom. The van der Waals surface area contributed by atoms with Crippen molar-refractivity contribution in [2.45, 2.75) is 51.4 Å². The van der Waals surface area contributed by atoms with Gasteiger partial charge in [-0.3, -0.25) is 9.59 Å². The van der Waals surface area contributed by atoms with E-state index in [1.54, 1.807) is 17.5 Å². The molecule has 1 aliphatic heterocycles. The van der Waals surface area contributed by atoms with Crippen LogP contribution in [0.4, 0.5) is 0 Å². The molecule has 6 nitrogen and oxygen atoms in total. The van der Waals surface area contributed by atoms with Gasteiger partial charge in [-0.05, 0) is 29.9 Å². The first-order valence-corrected chi connectivity index (χ1v) is 11.8. The van der Waals surface area contributed by atoms with Crippen molar-refractivity contribution in [1.29, 1.82) is 0 Å². The molecule has 2 amide bonds. The average molecular weight is 435 g/mol. The highest BCUT2D eigenvalue weighted by Gasteiger charge is 2.32. The molecule has 0 atom stereocenters. The van der Waals surface area contributed by atoms with Gasteiger partial charge in [-0.2, -0.15) is 0 Å². The third kappa shape index (κ3) is 4.14. The Morgan fingerprint density at radius 1 is 1.10 bits per heavy atom. The lowest BCUT2D eigenvalue weighted by atomic mass is 10.2. The molecule has 1 aliphatic carbocycles. The molecule has 7 heteroatoms. The molecule has 0 spiro atoms. The molecule has 0 radical (unpaired) electrons. The number of hydrogen-bond acceptors (Lipinski definition) is 4. The third-order valence-corrected chi connectivity index (χ3v) is 7.09. The lowest BCUT2D eigenvalue weighted by molar-refractivity contribution is 0.0661. The molecule has 0 N–H and O–H groups in total. The van der Waals surface area contributed by atoms with Crippen LogP contribution in [0, 0.1) is 0 Å². The number of aromatic nitrogens is 2. The summed E-state index contributed by atoms with van der Waals surface area (Å²) >= 11 is 1.67. The molecule has 160 valence electrons. The number of rotatable bonds is 6. The number of hydrogen-bond donors (Lipinski definition) is 0. The molecule has 0 saturated heterocycles. The molecule has 0 unspecified atom stereocenters. The average Bonchev–Trinajstić information content (AvgIpc) is 3.56. The first kappa shape index (κ1) is 20.0. The lowest BCUT2D eigenvalue weighted by Crippen LogP contribution is -2.39. The summed E-state index contributed by atoms with van der Waals surface area (Å²) in [6.45, 7) is 2.44. The zero-order chi connectivity index (χ0) is 21.2. The Labute approximate surface area is 186 Å². The lowest BCUT2D eigenvalue weighted by Gasteiger charge is -2.28. The highest BCUT2D eigenvalue weighted by molar-refractivity contribution is 7.09. The van der Waals surface area contributed by atoms with Crippen molar-refractivity contribution in [2.24, 2.45) is 0 Å². The summed E-state index contributed by atoms with van der Waals surface area (Å²) in [7, 11) is 0. The van der Waals surface area contributed by atoms with Crippen LogP contribution in [0.5, 0.6) is 0 Å². The van der Waals surface area contributed by atoms with Crippen molar-refractivity contribution in [1.82, 2.24) is 19.4 Å². The second kappa shape index (κ2) is 8.67. The Hall–Kier alpha value is -2.93. The molecule has 1 fully saturated rings. The highest BCUT2D eigenvalue weighted by atomic mass is 32.1. The summed E-state index contributed by atoms with van der Waals surface area (Å²) in [5.74, 6) is 0.192. The fraction of sp³-hybridized carbons (Fsp3) is 0.375. The monoisotopic (exact) mass is 434 g/mol. The van der Waals surface area contributed by atoms with Gasteiger partial charge in [0.2, 0.25) is 0 Å². The fourth-order valence-electron chi connectivity index (χ4n) is 4.59. The van der Waals surface area contributed by atoms with Gasteiger partial charge in [-0.25, -0.2) is 4.98 Å². The van der Waals surface area contributed by atoms with Crippen LogP contribution in [0.1, 0.15) is 57.2 Å². The number of carbonyl (C=O) groups is 2. The Morgan fingerprint density at radius 2 is 1.90 bits per heavy atom. The van der Waals surface area contributed by atoms with Crippen LogP contribution in [0.3, 0.4) is 0 Å². The maximum absolute atomic E-state index is 13.5. The van der Waals surface area contributed by atoms with Gasteiger partial charge in [-0.1, -0.05) is 49.2 Å². The maximum Gasteiger partial charge on any atom is 0.290 e. The molecule has 5 rings (SSSR count). The molecule has 0 bridgehead atoms. The second-order valence-corrected chi connectivity index (χ2v) is 9.34. The summed E-state index contributed by atoms with van der Waals surface area (Å²) in [6.07, 6.45) is 6.16. The molecule has 1 aromatic carbocycles. The summed E-state index contributed by atoms with van der Waals surface area (Å²) in [5.41, 5.74) is 1.48. The van der Waals surface area contributed by atoms with E-state index in [-0.39, 0.29) is 17.9 Å². The number of thiophene rings is 1. The van der Waals surface area contributed by atoms with Gasteiger partial charge in [0.25, 0.3) is 11.8 Å². The number of benzene rings is 1. The van der Waals surface area contributed by atoms with E-state index < -0.39 is 0 Å². The van der Waals surface area contributed by atoms with Crippen LogP contribution in [-0.2, 0) is 19.6 Å². The molecule has 2 aromatic heterocycles. The number of imidazole rings is 1. The van der Waals surface area contributed by atoms with Crippen LogP contribution in [0.25, 0.3) is 0 Å². The number of carbonyl (C=O) groups excluding carboxylic acids is 2. The number of amides is 2. The van der Waals surface area contributed by atoms with E-state index in [1.165, 1.54) is 4.88 Å². The summed E-state index contributed by atoms with van der Waals surface area (Å²) in [6, 6.07) is 14.3. The first-order chi connectivity index (χ1) is 15.2. The Kier molecular flexibility index (Phi) is 5.59. The summed E-state index contributed by atoms with van der Waals surface area (Å²) in [4.78, 5) is 36.0. The van der Waals surface area contributed by atoms with Gasteiger partial charge in [-0.15, -0.1) is 11.3 Å². The number of nitrogens with zero attached hydrogens (tertiary/aromatic N) is 4. The van der Waals surface area contributed by atoms with Crippen molar-refractivity contribution >= 4 is 23.2 Å². The van der Waals surface area contributed by atoms with Gasteiger partial charge in [0, 0.05) is 36.8 Å². The summed E-state index contributed by atoms with van der Waals surface area (Å²) in [5, 5.41) is 2.04. The minimum atomic E-state index is -0.111. The van der Waals surface area contributed by atoms with Gasteiger partial charge in [0.1, 0.15) is 5.69 Å². The Balaban J connectivity index is 1.37. The smallest absolute Gasteiger partial charge is 0.290 e. The van der Waals surface area contributed by atoms with Crippen LogP contribution in [0.2, 0.25) is 0 Å². The van der Waals surface area contributed by atoms with Crippen LogP contribution in [0.15, 0.2) is 54.0 Å². The van der Waals surface area contributed by atoms with Crippen LogP contribution >= 0.6 is 11.3 Å². The van der Waals surface area contributed by atoms with Crippen molar-refractivity contribution in [2.75, 3.05) is 6.54 Å². The molecule has 2 aliphatic rings. The largest absolute Gasteiger partial charge is 0.330 e. The van der Waals surface area contributed by atoms with E-state index in [0.717, 1.165) is 31.2 Å². The quantitative estimate of drug-likeness (QED) is 0.585. The van der Waals surface area contributed by atoms with Gasteiger partial charge < -0.3 is 14.4 Å². The van der Waals surface area contributed by atoms with E-state index in [9.17, 15) is 9.59 Å². The van der Waals surface area contributed by atoms with Gasteiger partial charge in [0.05, 0.1) is 6.54 Å². The van der Waals surface area contributed by atoms with Gasteiger partial charge in [0.15, 0.2) is 5.82 Å². The SMILES string of the molecule is O=C1c2nc(C(=O)N(Cc3cccs3)C3CCCC3)cn2CCN1Cc1ccccc1. The van der Waals surface area contributed by atoms with Crippen LogP contribution in [-0.4, -0.2) is 43.8 Å². The summed E-state index contributed by atoms with van der Waals surface area (Å²) < 4.78 is 1.84. The van der Waals surface area contributed by atoms with E-state index in [4.69, 9.17) is 0 Å². The van der Waals surface area contributed by atoms with Crippen LogP contribution < -0.4 is 0 Å². The fourth-order valence-corrected chi connectivity index (χ4v) is 5.29. The van der Waals surface area contributed by atoms with Crippen molar-refractivity contribution in [3.05, 3.63) is 76.0 Å². The minimum Gasteiger partial charge on any atom is -0.330 e. The van der Waals surface area contributed by atoms with Crippen molar-refractivity contribution in [3.63, 3.8) is 0 Å². The van der Waals surface area contributed by atoms with E-state index in [0.29, 0.717) is 37.7 Å². The molecule has 3 heterocycles. The topological polar surface area (TPSA) is 58.4 Å². The first-order valence-electron chi connectivity index (χ1n) is 10.9. The predicted molar refractivity (Wildman–Crippen MR) is 120 cm³/mol. The molecular formula is C24H26N4O2S. The molecule has 1 saturated carbocycles. The van der Waals surface area contributed by atoms with E-state index in [1.807, 2.05) is 56.1 Å².